The molecule has 1 aliphatic heterocycles. The lowest BCUT2D eigenvalue weighted by atomic mass is 9.89. The van der Waals surface area contributed by atoms with Gasteiger partial charge in [0, 0.05) is 47.2 Å². The van der Waals surface area contributed by atoms with Gasteiger partial charge in [-0.1, -0.05) is 12.1 Å². The second-order valence-corrected chi connectivity index (χ2v) is 8.51. The third-order valence-electron chi connectivity index (χ3n) is 6.50. The van der Waals surface area contributed by atoms with Crippen LogP contribution in [0.3, 0.4) is 0 Å². The minimum absolute atomic E-state index is 0.187. The second-order valence-electron chi connectivity index (χ2n) is 8.51. The number of carboxylic acid groups (broad SMARTS) is 1. The minimum atomic E-state index is -0.975. The first-order valence-corrected chi connectivity index (χ1v) is 11.2. The highest BCUT2D eigenvalue weighted by molar-refractivity contribution is 6.04. The largest absolute Gasteiger partial charge is 0.478 e. The molecule has 0 radical (unpaired) electrons. The number of rotatable bonds is 5. The van der Waals surface area contributed by atoms with Crippen molar-refractivity contribution in [1.82, 2.24) is 4.57 Å². The van der Waals surface area contributed by atoms with Crippen LogP contribution in [0.1, 0.15) is 40.4 Å². The van der Waals surface area contributed by atoms with Gasteiger partial charge < -0.3 is 20.1 Å². The minimum Gasteiger partial charge on any atom is -0.478 e. The molecule has 1 saturated heterocycles. The second kappa shape index (κ2) is 8.76. The predicted octanol–water partition coefficient (Wildman–Crippen LogP) is 3.79. The number of aromatic nitrogens is 1. The number of hydrogen-bond donors (Lipinski definition) is 3. The number of ether oxygens (including phenoxy) is 1. The van der Waals surface area contributed by atoms with E-state index in [2.05, 4.69) is 4.57 Å². The molecule has 6 nitrogen and oxygen atoms in total. The molecule has 0 aliphatic carbocycles. The van der Waals surface area contributed by atoms with Gasteiger partial charge in [0.1, 0.15) is 5.82 Å². The van der Waals surface area contributed by atoms with Crippen LogP contribution in [0.4, 0.5) is 10.1 Å². The summed E-state index contributed by atoms with van der Waals surface area (Å²) in [6.45, 7) is 1.30. The third kappa shape index (κ3) is 3.74. The Morgan fingerprint density at radius 1 is 1.09 bits per heavy atom. The number of hydrogen-bond acceptors (Lipinski definition) is 3. The fraction of sp³-hybridized carbons (Fsp3) is 0.185. The molecule has 2 heterocycles. The molecular weight excluding hydrogens is 433 g/mol. The Hall–Kier alpha value is -3.97. The smallest absolute Gasteiger partial charge is 0.335 e. The van der Waals surface area contributed by atoms with Crippen molar-refractivity contribution < 1.29 is 24.4 Å². The summed E-state index contributed by atoms with van der Waals surface area (Å²) in [5.74, 6) is -1.10. The average molecular weight is 459 g/mol. The number of fused-ring (bicyclic) bond motifs is 1. The zero-order valence-electron chi connectivity index (χ0n) is 18.5. The lowest BCUT2D eigenvalue weighted by Crippen LogP contribution is -2.30. The highest BCUT2D eigenvalue weighted by Crippen LogP contribution is 2.44. The van der Waals surface area contributed by atoms with Gasteiger partial charge in [-0.3, -0.25) is 5.41 Å². The van der Waals surface area contributed by atoms with Crippen molar-refractivity contribution in [3.05, 3.63) is 83.3 Å². The van der Waals surface area contributed by atoms with Crippen LogP contribution >= 0.6 is 0 Å². The van der Waals surface area contributed by atoms with E-state index in [9.17, 15) is 14.3 Å². The molecule has 0 atom stereocenters. The van der Waals surface area contributed by atoms with Gasteiger partial charge in [-0.05, 0) is 66.9 Å². The molecule has 0 amide bonds. The van der Waals surface area contributed by atoms with E-state index in [1.165, 1.54) is 18.3 Å². The highest BCUT2D eigenvalue weighted by Gasteiger charge is 2.28. The van der Waals surface area contributed by atoms with E-state index < -0.39 is 5.97 Å². The number of nitrogens with zero attached hydrogens (tertiary/aromatic N) is 1. The Morgan fingerprint density at radius 2 is 1.76 bits per heavy atom. The van der Waals surface area contributed by atoms with Gasteiger partial charge in [-0.2, -0.15) is 0 Å². The molecule has 172 valence electrons. The molecule has 5 N–H and O–H groups in total. The summed E-state index contributed by atoms with van der Waals surface area (Å²) in [5, 5.41) is 16.2. The van der Waals surface area contributed by atoms with E-state index in [4.69, 9.17) is 15.9 Å². The van der Waals surface area contributed by atoms with E-state index in [0.29, 0.717) is 24.5 Å². The molecule has 1 aliphatic rings. The van der Waals surface area contributed by atoms with Crippen LogP contribution < -0.4 is 11.1 Å². The molecule has 4 aromatic rings. The van der Waals surface area contributed by atoms with E-state index in [-0.39, 0.29) is 17.3 Å². The SMILES string of the molecule is Nc1cc2c(-c3ccc(C(=O)O)cc3)c(C3CCOCC3)n(-c3ccc(F)cc3)c2cc1C=[NH2+]. The number of anilines is 1. The molecule has 0 spiro atoms. The van der Waals surface area contributed by atoms with Crippen molar-refractivity contribution in [3.8, 4) is 16.8 Å². The van der Waals surface area contributed by atoms with Crippen LogP contribution in [0.5, 0.6) is 0 Å². The van der Waals surface area contributed by atoms with Crippen molar-refractivity contribution in [2.24, 2.45) is 0 Å². The summed E-state index contributed by atoms with van der Waals surface area (Å²) in [6.07, 6.45) is 3.15. The Bertz CT molecular complexity index is 1390. The number of benzene rings is 3. The quantitative estimate of drug-likeness (QED) is 0.313. The molecule has 5 rings (SSSR count). The van der Waals surface area contributed by atoms with Crippen molar-refractivity contribution in [3.63, 3.8) is 0 Å². The first-order chi connectivity index (χ1) is 16.5. The highest BCUT2D eigenvalue weighted by atomic mass is 19.1. The number of aromatic carboxylic acids is 1. The summed E-state index contributed by atoms with van der Waals surface area (Å²) in [6, 6.07) is 17.2. The van der Waals surface area contributed by atoms with E-state index in [1.807, 2.05) is 24.3 Å². The Labute approximate surface area is 195 Å². The maximum absolute atomic E-state index is 13.8. The van der Waals surface area contributed by atoms with Crippen LogP contribution in [0.15, 0.2) is 60.7 Å². The molecule has 34 heavy (non-hydrogen) atoms. The summed E-state index contributed by atoms with van der Waals surface area (Å²) in [5.41, 5.74) is 12.5. The molecular formula is C27H25FN3O3+. The standard InChI is InChI=1S/C27H24FN3O3/c28-20-5-7-21(8-6-20)31-24-13-19(15-29)23(30)14-22(24)25(26(31)17-9-11-34-12-10-17)16-1-3-18(4-2-16)27(32)33/h1-8,13-15,17,29H,9-12,30H2,(H,32,33)/p+1. The van der Waals surface area contributed by atoms with Crippen LogP contribution in [0.25, 0.3) is 27.7 Å². The van der Waals surface area contributed by atoms with E-state index in [0.717, 1.165) is 46.3 Å². The molecule has 0 unspecified atom stereocenters. The van der Waals surface area contributed by atoms with Gasteiger partial charge in [0.15, 0.2) is 6.21 Å². The van der Waals surface area contributed by atoms with Gasteiger partial charge in [0.05, 0.1) is 16.6 Å². The maximum Gasteiger partial charge on any atom is 0.335 e. The van der Waals surface area contributed by atoms with Crippen molar-refractivity contribution in [1.29, 1.82) is 0 Å². The fourth-order valence-electron chi connectivity index (χ4n) is 4.84. The zero-order chi connectivity index (χ0) is 23.8. The van der Waals surface area contributed by atoms with Gasteiger partial charge in [-0.15, -0.1) is 0 Å². The number of carbonyl (C=O) groups is 1. The Balaban J connectivity index is 1.88. The van der Waals surface area contributed by atoms with Crippen LogP contribution in [-0.4, -0.2) is 35.1 Å². The fourth-order valence-corrected chi connectivity index (χ4v) is 4.84. The third-order valence-corrected chi connectivity index (χ3v) is 6.50. The number of halogens is 1. The maximum atomic E-state index is 13.8. The predicted molar refractivity (Wildman–Crippen MR) is 130 cm³/mol. The van der Waals surface area contributed by atoms with Crippen molar-refractivity contribution >= 4 is 28.8 Å². The monoisotopic (exact) mass is 458 g/mol. The van der Waals surface area contributed by atoms with Crippen LogP contribution in [0.2, 0.25) is 0 Å². The molecule has 3 aromatic carbocycles. The van der Waals surface area contributed by atoms with Gasteiger partial charge in [0.25, 0.3) is 0 Å². The molecule has 1 fully saturated rings. The van der Waals surface area contributed by atoms with E-state index >= 15 is 0 Å². The lowest BCUT2D eigenvalue weighted by molar-refractivity contribution is -0.104. The number of nitrogens with two attached hydrogens (primary N) is 2. The average Bonchev–Trinajstić information content (AvgIpc) is 3.18. The van der Waals surface area contributed by atoms with Gasteiger partial charge in [0.2, 0.25) is 0 Å². The Morgan fingerprint density at radius 3 is 2.38 bits per heavy atom. The van der Waals surface area contributed by atoms with E-state index in [1.54, 1.807) is 24.3 Å². The molecule has 0 saturated carbocycles. The summed E-state index contributed by atoms with van der Waals surface area (Å²) in [4.78, 5) is 11.4. The summed E-state index contributed by atoms with van der Waals surface area (Å²) in [7, 11) is 0. The number of nitrogen functional groups attached to an aromatic ring is 1. The normalized spacial score (nSPS) is 14.4. The first kappa shape index (κ1) is 21.9. The molecule has 0 bridgehead atoms. The molecule has 7 heteroatoms. The van der Waals surface area contributed by atoms with Crippen LogP contribution in [0, 0.1) is 5.82 Å². The lowest BCUT2D eigenvalue weighted by Gasteiger charge is -2.26. The first-order valence-electron chi connectivity index (χ1n) is 11.2. The Kier molecular flexibility index (Phi) is 5.63. The molecule has 1 aromatic heterocycles. The van der Waals surface area contributed by atoms with Crippen LogP contribution in [-0.2, 0) is 4.74 Å². The van der Waals surface area contributed by atoms with Gasteiger partial charge in [-0.25, -0.2) is 9.18 Å². The van der Waals surface area contributed by atoms with Crippen molar-refractivity contribution in [2.45, 2.75) is 18.8 Å². The topological polar surface area (TPSA) is 103 Å². The number of carboxylic acids is 1. The van der Waals surface area contributed by atoms with Crippen molar-refractivity contribution in [2.75, 3.05) is 18.9 Å². The van der Waals surface area contributed by atoms with Gasteiger partial charge >= 0.3 is 5.97 Å². The summed E-state index contributed by atoms with van der Waals surface area (Å²) >= 11 is 0. The summed E-state index contributed by atoms with van der Waals surface area (Å²) < 4.78 is 21.6. The zero-order valence-corrected chi connectivity index (χ0v) is 18.5.